The average molecular weight is 354 g/mol. The quantitative estimate of drug-likeness (QED) is 0.721. The van der Waals surface area contributed by atoms with Gasteiger partial charge in [0.25, 0.3) is 0 Å². The van der Waals surface area contributed by atoms with Crippen LogP contribution >= 0.6 is 24.8 Å². The van der Waals surface area contributed by atoms with E-state index in [0.717, 1.165) is 44.6 Å². The fourth-order valence-corrected chi connectivity index (χ4v) is 3.56. The van der Waals surface area contributed by atoms with E-state index in [-0.39, 0.29) is 30.7 Å². The molecule has 1 saturated carbocycles. The Bertz CT molecular complexity index is 323. The van der Waals surface area contributed by atoms with Gasteiger partial charge in [0.1, 0.15) is 0 Å². The highest BCUT2D eigenvalue weighted by Crippen LogP contribution is 2.27. The van der Waals surface area contributed by atoms with Crippen molar-refractivity contribution in [3.8, 4) is 0 Å². The molecule has 3 N–H and O–H groups in total. The topological polar surface area (TPSA) is 58.4 Å². The third kappa shape index (κ3) is 6.61. The number of nitrogens with zero attached hydrogens (tertiary/aromatic N) is 1. The number of hydrogen-bond acceptors (Lipinski definition) is 3. The first-order valence-corrected chi connectivity index (χ1v) is 8.40. The Kier molecular flexibility index (Phi) is 10.7. The van der Waals surface area contributed by atoms with Crippen LogP contribution < -0.4 is 11.1 Å². The molecule has 22 heavy (non-hydrogen) atoms. The number of carbonyl (C=O) groups excluding carboxylic acids is 1. The number of nitrogens with two attached hydrogens (primary N) is 1. The zero-order valence-corrected chi connectivity index (χ0v) is 15.4. The van der Waals surface area contributed by atoms with Crippen LogP contribution in [0.2, 0.25) is 0 Å². The van der Waals surface area contributed by atoms with E-state index in [1.807, 2.05) is 0 Å². The molecule has 2 rings (SSSR count). The van der Waals surface area contributed by atoms with Gasteiger partial charge in [-0.2, -0.15) is 0 Å². The molecule has 6 heteroatoms. The highest BCUT2D eigenvalue weighted by Gasteiger charge is 2.36. The van der Waals surface area contributed by atoms with Gasteiger partial charge in [-0.3, -0.25) is 4.79 Å². The average Bonchev–Trinajstić information content (AvgIpc) is 2.86. The van der Waals surface area contributed by atoms with E-state index in [0.29, 0.717) is 0 Å². The van der Waals surface area contributed by atoms with Crippen LogP contribution in [0.4, 0.5) is 0 Å². The van der Waals surface area contributed by atoms with Gasteiger partial charge >= 0.3 is 0 Å². The summed E-state index contributed by atoms with van der Waals surface area (Å²) in [5, 5.41) is 3.03. The van der Waals surface area contributed by atoms with Gasteiger partial charge in [-0.25, -0.2) is 0 Å². The molecule has 2 aliphatic rings. The van der Waals surface area contributed by atoms with E-state index in [2.05, 4.69) is 17.1 Å². The number of likely N-dealkylation sites (tertiary alicyclic amines) is 1. The smallest absolute Gasteiger partial charge is 0.240 e. The highest BCUT2D eigenvalue weighted by atomic mass is 35.5. The van der Waals surface area contributed by atoms with Gasteiger partial charge in [-0.05, 0) is 57.5 Å². The van der Waals surface area contributed by atoms with E-state index < -0.39 is 5.54 Å². The SMILES string of the molecule is CC1CCCN(CCCCNC(=O)C2(N)CCCC2)C1.Cl.Cl. The van der Waals surface area contributed by atoms with Gasteiger partial charge in [0, 0.05) is 13.1 Å². The Morgan fingerprint density at radius 2 is 1.91 bits per heavy atom. The molecule has 1 unspecified atom stereocenters. The summed E-state index contributed by atoms with van der Waals surface area (Å²) in [5.74, 6) is 0.921. The lowest BCUT2D eigenvalue weighted by Crippen LogP contribution is -2.52. The summed E-state index contributed by atoms with van der Waals surface area (Å²) >= 11 is 0. The predicted molar refractivity (Wildman–Crippen MR) is 97.0 cm³/mol. The second-order valence-electron chi connectivity index (χ2n) is 6.87. The number of nitrogens with one attached hydrogen (secondary N) is 1. The van der Waals surface area contributed by atoms with Crippen molar-refractivity contribution in [3.63, 3.8) is 0 Å². The number of halogens is 2. The lowest BCUT2D eigenvalue weighted by molar-refractivity contribution is -0.126. The van der Waals surface area contributed by atoms with Crippen molar-refractivity contribution in [2.24, 2.45) is 11.7 Å². The lowest BCUT2D eigenvalue weighted by Gasteiger charge is -2.30. The first kappa shape index (κ1) is 22.0. The van der Waals surface area contributed by atoms with E-state index in [9.17, 15) is 4.79 Å². The van der Waals surface area contributed by atoms with Crippen molar-refractivity contribution >= 4 is 30.7 Å². The molecule has 1 saturated heterocycles. The molecule has 0 aromatic rings. The van der Waals surface area contributed by atoms with E-state index in [1.165, 1.54) is 38.9 Å². The summed E-state index contributed by atoms with van der Waals surface area (Å²) < 4.78 is 0. The molecule has 0 aromatic heterocycles. The normalized spacial score (nSPS) is 24.2. The van der Waals surface area contributed by atoms with Gasteiger partial charge in [-0.1, -0.05) is 19.8 Å². The van der Waals surface area contributed by atoms with Crippen LogP contribution in [0.15, 0.2) is 0 Å². The summed E-state index contributed by atoms with van der Waals surface area (Å²) in [5.41, 5.74) is 5.56. The summed E-state index contributed by atoms with van der Waals surface area (Å²) in [6, 6.07) is 0. The molecular formula is C16H33Cl2N3O. The van der Waals surface area contributed by atoms with Gasteiger partial charge < -0.3 is 16.0 Å². The molecule has 1 aliphatic carbocycles. The van der Waals surface area contributed by atoms with Crippen LogP contribution in [-0.4, -0.2) is 42.5 Å². The van der Waals surface area contributed by atoms with E-state index in [1.54, 1.807) is 0 Å². The van der Waals surface area contributed by atoms with Crippen LogP contribution in [0.25, 0.3) is 0 Å². The minimum absolute atomic E-state index is 0. The number of piperidine rings is 1. The fourth-order valence-electron chi connectivity index (χ4n) is 3.56. The van der Waals surface area contributed by atoms with Gasteiger partial charge in [-0.15, -0.1) is 24.8 Å². The summed E-state index contributed by atoms with van der Waals surface area (Å²) in [7, 11) is 0. The van der Waals surface area contributed by atoms with Crippen LogP contribution in [-0.2, 0) is 4.79 Å². The Morgan fingerprint density at radius 3 is 2.55 bits per heavy atom. The Hall–Kier alpha value is -0.0300. The molecule has 1 heterocycles. The molecule has 2 fully saturated rings. The molecule has 0 aromatic carbocycles. The summed E-state index contributed by atoms with van der Waals surface area (Å²) in [6.07, 6.45) is 8.85. The second-order valence-corrected chi connectivity index (χ2v) is 6.87. The van der Waals surface area contributed by atoms with Crippen LogP contribution in [0.3, 0.4) is 0 Å². The molecule has 0 bridgehead atoms. The monoisotopic (exact) mass is 353 g/mol. The molecule has 4 nitrogen and oxygen atoms in total. The number of amides is 1. The molecule has 132 valence electrons. The lowest BCUT2D eigenvalue weighted by atomic mass is 9.98. The summed E-state index contributed by atoms with van der Waals surface area (Å²) in [4.78, 5) is 14.6. The van der Waals surface area contributed by atoms with Crippen molar-refractivity contribution in [1.29, 1.82) is 0 Å². The maximum absolute atomic E-state index is 12.0. The minimum Gasteiger partial charge on any atom is -0.355 e. The fraction of sp³-hybridized carbons (Fsp3) is 0.938. The standard InChI is InChI=1S/C16H31N3O.2ClH/c1-14-7-6-12-19(13-14)11-5-4-10-18-15(20)16(17)8-2-3-9-16;;/h14H,2-13,17H2,1H3,(H,18,20);2*1H. The van der Waals surface area contributed by atoms with Crippen molar-refractivity contribution < 1.29 is 4.79 Å². The number of unbranched alkanes of at least 4 members (excludes halogenated alkanes) is 1. The minimum atomic E-state index is -0.567. The zero-order chi connectivity index (χ0) is 14.4. The Morgan fingerprint density at radius 1 is 1.23 bits per heavy atom. The number of carbonyl (C=O) groups is 1. The van der Waals surface area contributed by atoms with Crippen LogP contribution in [0, 0.1) is 5.92 Å². The summed E-state index contributed by atoms with van der Waals surface area (Å²) in [6.45, 7) is 6.80. The first-order chi connectivity index (χ1) is 9.60. The molecule has 1 amide bonds. The zero-order valence-electron chi connectivity index (χ0n) is 13.8. The van der Waals surface area contributed by atoms with Crippen LogP contribution in [0.5, 0.6) is 0 Å². The van der Waals surface area contributed by atoms with E-state index in [4.69, 9.17) is 5.73 Å². The van der Waals surface area contributed by atoms with Gasteiger partial charge in [0.05, 0.1) is 5.54 Å². The maximum atomic E-state index is 12.0. The van der Waals surface area contributed by atoms with Crippen LogP contribution in [0.1, 0.15) is 58.3 Å². The maximum Gasteiger partial charge on any atom is 0.240 e. The molecule has 0 radical (unpaired) electrons. The Balaban J connectivity index is 0.00000220. The number of hydrogen-bond donors (Lipinski definition) is 2. The van der Waals surface area contributed by atoms with Crippen molar-refractivity contribution in [3.05, 3.63) is 0 Å². The largest absolute Gasteiger partial charge is 0.355 e. The van der Waals surface area contributed by atoms with Crippen molar-refractivity contribution in [1.82, 2.24) is 10.2 Å². The van der Waals surface area contributed by atoms with Crippen molar-refractivity contribution in [2.45, 2.75) is 63.8 Å². The van der Waals surface area contributed by atoms with Crippen molar-refractivity contribution in [2.75, 3.05) is 26.2 Å². The third-order valence-electron chi connectivity index (χ3n) is 4.88. The predicted octanol–water partition coefficient (Wildman–Crippen LogP) is 2.73. The molecule has 1 aliphatic heterocycles. The Labute approximate surface area is 147 Å². The highest BCUT2D eigenvalue weighted by molar-refractivity contribution is 5.86. The number of rotatable bonds is 6. The molecule has 1 atom stereocenters. The van der Waals surface area contributed by atoms with Gasteiger partial charge in [0.15, 0.2) is 0 Å². The third-order valence-corrected chi connectivity index (χ3v) is 4.88. The van der Waals surface area contributed by atoms with Gasteiger partial charge in [0.2, 0.25) is 5.91 Å². The molecule has 0 spiro atoms. The molecular weight excluding hydrogens is 321 g/mol. The first-order valence-electron chi connectivity index (χ1n) is 8.40. The second kappa shape index (κ2) is 10.7. The van der Waals surface area contributed by atoms with E-state index >= 15 is 0 Å².